The van der Waals surface area contributed by atoms with Gasteiger partial charge >= 0.3 is 0 Å². The van der Waals surface area contributed by atoms with Crippen LogP contribution in [-0.4, -0.2) is 28.2 Å². The maximum atomic E-state index is 6.12. The van der Waals surface area contributed by atoms with E-state index in [2.05, 4.69) is 27.6 Å². The predicted molar refractivity (Wildman–Crippen MR) is 79.4 cm³/mol. The molecule has 2 fully saturated rings. The zero-order valence-electron chi connectivity index (χ0n) is 11.4. The summed E-state index contributed by atoms with van der Waals surface area (Å²) in [4.78, 5) is 3.73. The molecule has 4 heterocycles. The summed E-state index contributed by atoms with van der Waals surface area (Å²) < 4.78 is 5.47. The van der Waals surface area contributed by atoms with Crippen molar-refractivity contribution in [3.8, 4) is 10.6 Å². The Balaban J connectivity index is 1.50. The Morgan fingerprint density at radius 3 is 2.85 bits per heavy atom. The highest BCUT2D eigenvalue weighted by Crippen LogP contribution is 2.36. The first-order chi connectivity index (χ1) is 9.79. The number of thiophene rings is 1. The van der Waals surface area contributed by atoms with Gasteiger partial charge in [-0.25, -0.2) is 0 Å². The van der Waals surface area contributed by atoms with E-state index >= 15 is 0 Å². The summed E-state index contributed by atoms with van der Waals surface area (Å²) in [5.74, 6) is 0.885. The molecule has 2 aliphatic heterocycles. The average molecular weight is 289 g/mol. The van der Waals surface area contributed by atoms with Gasteiger partial charge in [-0.2, -0.15) is 0 Å². The molecule has 5 heteroatoms. The molecule has 4 rings (SSSR count). The lowest BCUT2D eigenvalue weighted by Gasteiger charge is -2.37. The molecule has 0 saturated carbocycles. The Kier molecular flexibility index (Phi) is 3.13. The molecular weight excluding hydrogens is 270 g/mol. The second-order valence-corrected chi connectivity index (χ2v) is 6.90. The minimum absolute atomic E-state index is 0.391. The molecule has 2 saturated heterocycles. The van der Waals surface area contributed by atoms with Gasteiger partial charge in [0, 0.05) is 30.7 Å². The van der Waals surface area contributed by atoms with Crippen LogP contribution in [0.15, 0.2) is 28.1 Å². The van der Waals surface area contributed by atoms with Crippen LogP contribution >= 0.6 is 11.3 Å². The van der Waals surface area contributed by atoms with E-state index in [4.69, 9.17) is 10.3 Å². The fraction of sp³-hybridized carbons (Fsp3) is 0.533. The van der Waals surface area contributed by atoms with Crippen LogP contribution in [0.25, 0.3) is 10.6 Å². The summed E-state index contributed by atoms with van der Waals surface area (Å²) in [5.41, 5.74) is 7.16. The Morgan fingerprint density at radius 1 is 1.35 bits per heavy atom. The molecule has 2 aromatic rings. The van der Waals surface area contributed by atoms with E-state index < -0.39 is 0 Å². The lowest BCUT2D eigenvalue weighted by molar-refractivity contribution is 0.117. The predicted octanol–water partition coefficient (Wildman–Crippen LogP) is 2.86. The zero-order valence-corrected chi connectivity index (χ0v) is 12.2. The average Bonchev–Trinajstić information content (AvgIpc) is 3.12. The van der Waals surface area contributed by atoms with Gasteiger partial charge in [0.25, 0.3) is 0 Å². The first-order valence-electron chi connectivity index (χ1n) is 7.30. The Labute approximate surface area is 122 Å². The van der Waals surface area contributed by atoms with Crippen LogP contribution < -0.4 is 5.73 Å². The summed E-state index contributed by atoms with van der Waals surface area (Å²) in [6.45, 7) is 0.900. The van der Waals surface area contributed by atoms with Gasteiger partial charge in [0.1, 0.15) is 0 Å². The maximum Gasteiger partial charge on any atom is 0.177 e. The van der Waals surface area contributed by atoms with Crippen LogP contribution in [0.1, 0.15) is 31.4 Å². The second kappa shape index (κ2) is 4.98. The third kappa shape index (κ3) is 2.20. The van der Waals surface area contributed by atoms with E-state index in [9.17, 15) is 0 Å². The Bertz CT molecular complexity index is 566. The van der Waals surface area contributed by atoms with Crippen molar-refractivity contribution in [2.24, 2.45) is 5.73 Å². The number of hydrogen-bond donors (Lipinski definition) is 1. The van der Waals surface area contributed by atoms with Crippen molar-refractivity contribution in [2.45, 2.75) is 50.4 Å². The van der Waals surface area contributed by atoms with Crippen molar-refractivity contribution in [3.63, 3.8) is 0 Å². The number of hydrogen-bond acceptors (Lipinski definition) is 5. The molecule has 2 atom stereocenters. The molecule has 2 unspecified atom stereocenters. The second-order valence-electron chi connectivity index (χ2n) is 5.95. The largest absolute Gasteiger partial charge is 0.355 e. The quantitative estimate of drug-likeness (QED) is 0.944. The number of aromatic nitrogens is 1. The molecule has 0 spiro atoms. The lowest BCUT2D eigenvalue weighted by atomic mass is 9.98. The maximum absolute atomic E-state index is 6.12. The third-order valence-corrected chi connectivity index (χ3v) is 5.47. The van der Waals surface area contributed by atoms with Gasteiger partial charge in [0.05, 0.1) is 10.6 Å². The minimum Gasteiger partial charge on any atom is -0.355 e. The summed E-state index contributed by atoms with van der Waals surface area (Å²) in [5, 5.41) is 6.30. The fourth-order valence-electron chi connectivity index (χ4n) is 3.68. The molecule has 0 aromatic carbocycles. The van der Waals surface area contributed by atoms with Gasteiger partial charge in [-0.3, -0.25) is 4.90 Å². The molecule has 2 N–H and O–H groups in total. The van der Waals surface area contributed by atoms with E-state index in [0.717, 1.165) is 35.7 Å². The molecule has 0 radical (unpaired) electrons. The van der Waals surface area contributed by atoms with Crippen LogP contribution in [0.2, 0.25) is 0 Å². The standard InChI is InChI=1S/C15H19N3OS/c16-10-6-12-3-4-13(7-10)18(12)9-11-8-14(19-17-11)15-2-1-5-20-15/h1-2,5,8,10,12-13H,3-4,6-7,9,16H2. The van der Waals surface area contributed by atoms with E-state index in [1.165, 1.54) is 12.8 Å². The third-order valence-electron chi connectivity index (χ3n) is 4.59. The molecule has 106 valence electrons. The number of nitrogens with two attached hydrogens (primary N) is 1. The fourth-order valence-corrected chi connectivity index (χ4v) is 4.36. The van der Waals surface area contributed by atoms with Gasteiger partial charge in [-0.05, 0) is 37.1 Å². The highest BCUT2D eigenvalue weighted by atomic mass is 32.1. The summed E-state index contributed by atoms with van der Waals surface area (Å²) in [6.07, 6.45) is 4.83. The summed E-state index contributed by atoms with van der Waals surface area (Å²) >= 11 is 1.69. The van der Waals surface area contributed by atoms with Gasteiger partial charge < -0.3 is 10.3 Å². The molecule has 4 nitrogen and oxygen atoms in total. The van der Waals surface area contributed by atoms with Gasteiger partial charge in [-0.1, -0.05) is 11.2 Å². The number of piperidine rings is 1. The van der Waals surface area contributed by atoms with Crippen molar-refractivity contribution < 1.29 is 4.52 Å². The number of nitrogens with zero attached hydrogens (tertiary/aromatic N) is 2. The molecule has 2 bridgehead atoms. The first kappa shape index (κ1) is 12.6. The van der Waals surface area contributed by atoms with Crippen LogP contribution in [0.4, 0.5) is 0 Å². The van der Waals surface area contributed by atoms with Crippen molar-refractivity contribution in [3.05, 3.63) is 29.3 Å². The highest BCUT2D eigenvalue weighted by Gasteiger charge is 2.39. The van der Waals surface area contributed by atoms with Gasteiger partial charge in [0.15, 0.2) is 5.76 Å². The lowest BCUT2D eigenvalue weighted by Crippen LogP contribution is -2.46. The smallest absolute Gasteiger partial charge is 0.177 e. The van der Waals surface area contributed by atoms with E-state index in [-0.39, 0.29) is 0 Å². The Morgan fingerprint density at radius 2 is 2.15 bits per heavy atom. The number of rotatable bonds is 3. The van der Waals surface area contributed by atoms with Crippen molar-refractivity contribution in [2.75, 3.05) is 0 Å². The normalized spacial score (nSPS) is 29.9. The van der Waals surface area contributed by atoms with Crippen molar-refractivity contribution in [1.29, 1.82) is 0 Å². The number of fused-ring (bicyclic) bond motifs is 2. The topological polar surface area (TPSA) is 55.3 Å². The zero-order chi connectivity index (χ0) is 13.5. The van der Waals surface area contributed by atoms with E-state index in [1.54, 1.807) is 11.3 Å². The highest BCUT2D eigenvalue weighted by molar-refractivity contribution is 7.13. The molecule has 20 heavy (non-hydrogen) atoms. The molecular formula is C15H19N3OS. The van der Waals surface area contributed by atoms with Gasteiger partial charge in [-0.15, -0.1) is 11.3 Å². The summed E-state index contributed by atoms with van der Waals surface area (Å²) in [6, 6.07) is 7.87. The Hall–Kier alpha value is -1.17. The SMILES string of the molecule is NC1CC2CCC(C1)N2Cc1cc(-c2cccs2)on1. The molecule has 2 aromatic heterocycles. The van der Waals surface area contributed by atoms with Crippen molar-refractivity contribution in [1.82, 2.24) is 10.1 Å². The molecule has 0 amide bonds. The van der Waals surface area contributed by atoms with Crippen LogP contribution in [-0.2, 0) is 6.54 Å². The first-order valence-corrected chi connectivity index (χ1v) is 8.18. The summed E-state index contributed by atoms with van der Waals surface area (Å²) in [7, 11) is 0. The van der Waals surface area contributed by atoms with E-state index in [1.807, 2.05) is 6.07 Å². The molecule has 0 aliphatic carbocycles. The van der Waals surface area contributed by atoms with Crippen LogP contribution in [0.3, 0.4) is 0 Å². The van der Waals surface area contributed by atoms with Crippen LogP contribution in [0, 0.1) is 0 Å². The minimum atomic E-state index is 0.391. The van der Waals surface area contributed by atoms with Crippen molar-refractivity contribution >= 4 is 11.3 Å². The molecule has 2 aliphatic rings. The van der Waals surface area contributed by atoms with Gasteiger partial charge in [0.2, 0.25) is 0 Å². The van der Waals surface area contributed by atoms with Crippen LogP contribution in [0.5, 0.6) is 0 Å². The van der Waals surface area contributed by atoms with E-state index in [0.29, 0.717) is 18.1 Å². The monoisotopic (exact) mass is 289 g/mol.